The number of ether oxygens (including phenoxy) is 6. The van der Waals surface area contributed by atoms with Crippen LogP contribution < -0.4 is 5.32 Å². The molecular formula is C66H115NO18. The molecule has 0 aromatic rings. The predicted octanol–water partition coefficient (Wildman–Crippen LogP) is 7.38. The molecule has 1 amide bonds. The Hall–Kier alpha value is -2.77. The summed E-state index contributed by atoms with van der Waals surface area (Å²) in [5.74, 6) is -0.281. The number of allylic oxidation sites excluding steroid dienone is 11. The number of rotatable bonds is 48. The Kier molecular flexibility index (Phi) is 43.3. The fourth-order valence-electron chi connectivity index (χ4n) is 10.7. The number of hydrogen-bond acceptors (Lipinski definition) is 18. The number of nitrogens with one attached hydrogen (secondary N) is 1. The normalized spacial score (nSPS) is 29.4. The molecule has 0 radical (unpaired) electrons. The van der Waals surface area contributed by atoms with E-state index in [4.69, 9.17) is 28.4 Å². The van der Waals surface area contributed by atoms with E-state index in [9.17, 15) is 61.0 Å². The first-order valence-electron chi connectivity index (χ1n) is 32.7. The van der Waals surface area contributed by atoms with Gasteiger partial charge in [-0.2, -0.15) is 0 Å². The lowest BCUT2D eigenvalue weighted by molar-refractivity contribution is -0.379. The third kappa shape index (κ3) is 31.0. The standard InChI is InChI=1S/C66H115NO18/c1-3-5-7-9-11-13-15-16-17-18-19-20-21-22-23-24-25-26-27-28-29-30-31-32-34-36-38-40-42-44-54(72)67-49(50(71)43-41-39-37-35-33-14-12-10-8-6-4-2)48-80-64-60(78)57(75)62(52(46-69)82-64)85-66-61(79)58(76)63(53(47-70)83-66)84-65-59(77)56(74)55(73)51(45-68)81-65/h5,7,11,13,16-17,19-20,22-23,41,43,49-53,55-66,68-71,73-79H,3-4,6,8-10,12,14-15,18,21,24-40,42,44-48H2,1-2H3,(H,67,72)/b7-5-,13-11-,17-16-,20-19-,23-22-,43-41+. The quantitative estimate of drug-likeness (QED) is 0.0209. The monoisotopic (exact) mass is 1210 g/mol. The summed E-state index contributed by atoms with van der Waals surface area (Å²) in [5.41, 5.74) is 0. The number of carbonyl (C=O) groups excluding carboxylic acids is 1. The average molecular weight is 1210 g/mol. The minimum atomic E-state index is -1.98. The van der Waals surface area contributed by atoms with Crippen LogP contribution in [0.5, 0.6) is 0 Å². The maximum absolute atomic E-state index is 13.3. The fourth-order valence-corrected chi connectivity index (χ4v) is 10.7. The van der Waals surface area contributed by atoms with E-state index in [2.05, 4.69) is 79.9 Å². The predicted molar refractivity (Wildman–Crippen MR) is 328 cm³/mol. The van der Waals surface area contributed by atoms with Crippen molar-refractivity contribution < 1.29 is 89.4 Å². The lowest BCUT2D eigenvalue weighted by Crippen LogP contribution is -2.66. The van der Waals surface area contributed by atoms with Crippen LogP contribution in [0.25, 0.3) is 0 Å². The van der Waals surface area contributed by atoms with Crippen molar-refractivity contribution in [2.24, 2.45) is 0 Å². The summed E-state index contributed by atoms with van der Waals surface area (Å²) in [7, 11) is 0. The summed E-state index contributed by atoms with van der Waals surface area (Å²) in [6.45, 7) is 1.58. The van der Waals surface area contributed by atoms with Crippen LogP contribution in [0.3, 0.4) is 0 Å². The van der Waals surface area contributed by atoms with E-state index in [0.717, 1.165) is 83.5 Å². The molecule has 3 saturated heterocycles. The number of unbranched alkanes of at least 4 members (excludes halogenated alkanes) is 22. The molecular weight excluding hydrogens is 1090 g/mol. The van der Waals surface area contributed by atoms with E-state index in [-0.39, 0.29) is 18.9 Å². The van der Waals surface area contributed by atoms with Gasteiger partial charge in [-0.3, -0.25) is 4.79 Å². The van der Waals surface area contributed by atoms with Gasteiger partial charge in [0.05, 0.1) is 38.6 Å². The molecule has 85 heavy (non-hydrogen) atoms. The lowest BCUT2D eigenvalue weighted by atomic mass is 9.96. The summed E-state index contributed by atoms with van der Waals surface area (Å²) in [4.78, 5) is 13.3. The van der Waals surface area contributed by atoms with Crippen molar-refractivity contribution in [3.8, 4) is 0 Å². The Bertz CT molecular complexity index is 1830. The van der Waals surface area contributed by atoms with E-state index in [1.165, 1.54) is 96.3 Å². The van der Waals surface area contributed by atoms with Gasteiger partial charge in [0.15, 0.2) is 18.9 Å². The van der Waals surface area contributed by atoms with Gasteiger partial charge in [0.2, 0.25) is 5.91 Å². The van der Waals surface area contributed by atoms with E-state index in [1.807, 2.05) is 6.08 Å². The van der Waals surface area contributed by atoms with Crippen LogP contribution in [-0.2, 0) is 33.2 Å². The van der Waals surface area contributed by atoms with Crippen molar-refractivity contribution in [3.63, 3.8) is 0 Å². The first-order chi connectivity index (χ1) is 41.3. The molecule has 17 atom stereocenters. The molecule has 0 aliphatic carbocycles. The van der Waals surface area contributed by atoms with Crippen LogP contribution >= 0.6 is 0 Å². The molecule has 492 valence electrons. The highest BCUT2D eigenvalue weighted by molar-refractivity contribution is 5.76. The zero-order chi connectivity index (χ0) is 61.9. The zero-order valence-corrected chi connectivity index (χ0v) is 51.6. The van der Waals surface area contributed by atoms with Crippen molar-refractivity contribution >= 4 is 5.91 Å². The highest BCUT2D eigenvalue weighted by Gasteiger charge is 2.53. The highest BCUT2D eigenvalue weighted by atomic mass is 16.8. The number of hydrogen-bond donors (Lipinski definition) is 12. The van der Waals surface area contributed by atoms with Gasteiger partial charge in [-0.15, -0.1) is 0 Å². The van der Waals surface area contributed by atoms with Gasteiger partial charge in [0, 0.05) is 6.42 Å². The van der Waals surface area contributed by atoms with Gasteiger partial charge < -0.3 is 89.9 Å². The Labute approximate surface area is 508 Å². The topological polar surface area (TPSA) is 307 Å². The third-order valence-corrected chi connectivity index (χ3v) is 16.0. The molecule has 3 heterocycles. The number of aliphatic hydroxyl groups is 11. The largest absolute Gasteiger partial charge is 0.394 e. The van der Waals surface area contributed by atoms with Crippen LogP contribution in [0.15, 0.2) is 72.9 Å². The van der Waals surface area contributed by atoms with Crippen LogP contribution in [0, 0.1) is 0 Å². The van der Waals surface area contributed by atoms with Crippen LogP contribution in [0.1, 0.15) is 206 Å². The van der Waals surface area contributed by atoms with Gasteiger partial charge in [0.25, 0.3) is 0 Å². The van der Waals surface area contributed by atoms with Gasteiger partial charge in [-0.25, -0.2) is 0 Å². The fraction of sp³-hybridized carbons (Fsp3) is 0.803. The molecule has 3 fully saturated rings. The second kappa shape index (κ2) is 48.1. The van der Waals surface area contributed by atoms with E-state index >= 15 is 0 Å². The van der Waals surface area contributed by atoms with Crippen molar-refractivity contribution in [1.82, 2.24) is 5.32 Å². The molecule has 3 rings (SSSR count). The van der Waals surface area contributed by atoms with E-state index < -0.39 is 124 Å². The first-order valence-corrected chi connectivity index (χ1v) is 32.7. The van der Waals surface area contributed by atoms with Crippen LogP contribution in [0.4, 0.5) is 0 Å². The summed E-state index contributed by atoms with van der Waals surface area (Å²) in [6, 6.07) is -0.975. The summed E-state index contributed by atoms with van der Waals surface area (Å²) < 4.78 is 34.2. The number of amides is 1. The van der Waals surface area contributed by atoms with Crippen molar-refractivity contribution in [2.75, 3.05) is 26.4 Å². The second-order valence-corrected chi connectivity index (χ2v) is 23.2. The Balaban J connectivity index is 1.39. The SMILES string of the molecule is CC/C=C\C/C=C\C/C=C\C/C=C\C/C=C\CCCCCCCCCCCCCCCC(=O)NC(COC1OC(CO)C(OC2OC(CO)C(OC3OC(CO)C(O)C(O)C3O)C(O)C2O)C(O)C1O)C(O)/C=C/CCCCCCCCCCC. The molecule has 0 saturated carbocycles. The van der Waals surface area contributed by atoms with Gasteiger partial charge in [-0.05, 0) is 64.2 Å². The third-order valence-electron chi connectivity index (χ3n) is 16.0. The minimum absolute atomic E-state index is 0.238. The highest BCUT2D eigenvalue weighted by Crippen LogP contribution is 2.33. The number of aliphatic hydroxyl groups excluding tert-OH is 11. The van der Waals surface area contributed by atoms with Crippen molar-refractivity contribution in [3.05, 3.63) is 72.9 Å². The minimum Gasteiger partial charge on any atom is -0.394 e. The van der Waals surface area contributed by atoms with Gasteiger partial charge in [0.1, 0.15) is 73.2 Å². The van der Waals surface area contributed by atoms with Gasteiger partial charge >= 0.3 is 0 Å². The van der Waals surface area contributed by atoms with Crippen molar-refractivity contribution in [2.45, 2.75) is 311 Å². The Morgan fingerprint density at radius 2 is 0.812 bits per heavy atom. The molecule has 17 unspecified atom stereocenters. The van der Waals surface area contributed by atoms with Crippen LogP contribution in [-0.4, -0.2) is 193 Å². The lowest BCUT2D eigenvalue weighted by Gasteiger charge is -2.48. The maximum Gasteiger partial charge on any atom is 0.220 e. The summed E-state index contributed by atoms with van der Waals surface area (Å²) in [5, 5.41) is 120. The molecule has 0 aromatic carbocycles. The Morgan fingerprint density at radius 3 is 1.27 bits per heavy atom. The molecule has 12 N–H and O–H groups in total. The molecule has 3 aliphatic rings. The molecule has 0 aromatic heterocycles. The summed E-state index contributed by atoms with van der Waals surface area (Å²) >= 11 is 0. The zero-order valence-electron chi connectivity index (χ0n) is 51.6. The summed E-state index contributed by atoms with van der Waals surface area (Å²) in [6.07, 6.45) is 31.8. The molecule has 19 heteroatoms. The average Bonchev–Trinajstić information content (AvgIpc) is 3.05. The molecule has 0 bridgehead atoms. The smallest absolute Gasteiger partial charge is 0.220 e. The second-order valence-electron chi connectivity index (χ2n) is 23.2. The van der Waals surface area contributed by atoms with E-state index in [1.54, 1.807) is 6.08 Å². The molecule has 3 aliphatic heterocycles. The van der Waals surface area contributed by atoms with Crippen molar-refractivity contribution in [1.29, 1.82) is 0 Å². The first kappa shape index (κ1) is 76.5. The Morgan fingerprint density at radius 1 is 0.435 bits per heavy atom. The van der Waals surface area contributed by atoms with E-state index in [0.29, 0.717) is 6.42 Å². The van der Waals surface area contributed by atoms with Crippen LogP contribution in [0.2, 0.25) is 0 Å². The molecule has 19 nitrogen and oxygen atoms in total. The maximum atomic E-state index is 13.3. The number of carbonyl (C=O) groups is 1. The van der Waals surface area contributed by atoms with Gasteiger partial charge in [-0.1, -0.05) is 209 Å². The molecule has 0 spiro atoms.